The molecule has 1 aliphatic rings. The third-order valence-electron chi connectivity index (χ3n) is 2.44. The van der Waals surface area contributed by atoms with Gasteiger partial charge in [0.15, 0.2) is 0 Å². The second-order valence-corrected chi connectivity index (χ2v) is 4.40. The Morgan fingerprint density at radius 2 is 2.06 bits per heavy atom. The molecule has 0 aliphatic carbocycles. The van der Waals surface area contributed by atoms with Gasteiger partial charge in [-0.25, -0.2) is 0 Å². The summed E-state index contributed by atoms with van der Waals surface area (Å²) in [5, 5.41) is 4.46. The Hall–Kier alpha value is -0.480. The quantitative estimate of drug-likeness (QED) is 0.907. The van der Waals surface area contributed by atoms with E-state index < -0.39 is 0 Å². The fraction of sp³-hybridized carbons (Fsp3) is 0.455. The molecular weight excluding hydrogens is 249 g/mol. The monoisotopic (exact) mass is 261 g/mol. The van der Waals surface area contributed by atoms with Crippen LogP contribution in [0.1, 0.15) is 6.42 Å². The molecule has 0 radical (unpaired) electrons. The number of rotatable bonds is 3. The van der Waals surface area contributed by atoms with Crippen LogP contribution in [0.25, 0.3) is 0 Å². The summed E-state index contributed by atoms with van der Waals surface area (Å²) in [6.07, 6.45) is 1.04. The van der Waals surface area contributed by atoms with Crippen LogP contribution >= 0.6 is 23.2 Å². The van der Waals surface area contributed by atoms with Crippen LogP contribution in [-0.4, -0.2) is 26.0 Å². The molecule has 3 nitrogen and oxygen atoms in total. The first kappa shape index (κ1) is 12.0. The predicted octanol–water partition coefficient (Wildman–Crippen LogP) is 3.17. The molecular formula is C11H13Cl2NO2. The van der Waals surface area contributed by atoms with E-state index in [2.05, 4.69) is 5.32 Å². The predicted molar refractivity (Wildman–Crippen MR) is 65.3 cm³/mol. The maximum Gasteiger partial charge on any atom is 0.147 e. The molecule has 88 valence electrons. The van der Waals surface area contributed by atoms with Crippen molar-refractivity contribution >= 4 is 28.9 Å². The van der Waals surface area contributed by atoms with Gasteiger partial charge in [0.2, 0.25) is 0 Å². The van der Waals surface area contributed by atoms with Gasteiger partial charge in [-0.05, 0) is 18.6 Å². The standard InChI is InChI=1S/C11H13Cl2NO2/c12-9-2-1-3-10(13)11(9)14-6-8-4-5-15-7-16-8/h1-3,8,14H,4-7H2. The van der Waals surface area contributed by atoms with Gasteiger partial charge in [-0.15, -0.1) is 0 Å². The maximum atomic E-state index is 6.03. The molecule has 0 saturated carbocycles. The summed E-state index contributed by atoms with van der Waals surface area (Å²) < 4.78 is 10.5. The smallest absolute Gasteiger partial charge is 0.147 e. The number of ether oxygens (including phenoxy) is 2. The van der Waals surface area contributed by atoms with Crippen LogP contribution in [0.5, 0.6) is 0 Å². The third-order valence-corrected chi connectivity index (χ3v) is 3.07. The Kier molecular flexibility index (Phi) is 4.29. The summed E-state index contributed by atoms with van der Waals surface area (Å²) in [4.78, 5) is 0. The zero-order valence-corrected chi connectivity index (χ0v) is 10.2. The van der Waals surface area contributed by atoms with Gasteiger partial charge in [0, 0.05) is 6.54 Å². The molecule has 1 fully saturated rings. The lowest BCUT2D eigenvalue weighted by atomic mass is 10.2. The lowest BCUT2D eigenvalue weighted by Crippen LogP contribution is -2.30. The highest BCUT2D eigenvalue weighted by Gasteiger charge is 2.14. The minimum Gasteiger partial charge on any atom is -0.380 e. The van der Waals surface area contributed by atoms with E-state index in [0.717, 1.165) is 18.7 Å². The molecule has 2 rings (SSSR count). The van der Waals surface area contributed by atoms with Crippen molar-refractivity contribution < 1.29 is 9.47 Å². The van der Waals surface area contributed by atoms with E-state index in [0.29, 0.717) is 23.4 Å². The molecule has 1 atom stereocenters. The van der Waals surface area contributed by atoms with E-state index in [-0.39, 0.29) is 6.10 Å². The normalized spacial score (nSPS) is 20.8. The van der Waals surface area contributed by atoms with Crippen LogP contribution in [0, 0.1) is 0 Å². The van der Waals surface area contributed by atoms with Crippen LogP contribution in [0.4, 0.5) is 5.69 Å². The summed E-state index contributed by atoms with van der Waals surface area (Å²) in [5.74, 6) is 0. The van der Waals surface area contributed by atoms with Crippen molar-refractivity contribution in [3.8, 4) is 0 Å². The average molecular weight is 262 g/mol. The van der Waals surface area contributed by atoms with Crippen LogP contribution in [0.15, 0.2) is 18.2 Å². The fourth-order valence-corrected chi connectivity index (χ4v) is 2.08. The molecule has 0 amide bonds. The second-order valence-electron chi connectivity index (χ2n) is 3.58. The molecule has 1 aromatic rings. The number of nitrogens with one attached hydrogen (secondary N) is 1. The van der Waals surface area contributed by atoms with Crippen molar-refractivity contribution in [3.63, 3.8) is 0 Å². The fourth-order valence-electron chi connectivity index (χ4n) is 1.54. The Bertz CT molecular complexity index is 334. The highest BCUT2D eigenvalue weighted by atomic mass is 35.5. The van der Waals surface area contributed by atoms with E-state index in [1.54, 1.807) is 12.1 Å². The first-order valence-corrected chi connectivity index (χ1v) is 5.90. The Labute approximate surface area is 105 Å². The zero-order valence-electron chi connectivity index (χ0n) is 8.71. The molecule has 0 bridgehead atoms. The number of hydrogen-bond donors (Lipinski definition) is 1. The van der Waals surface area contributed by atoms with Gasteiger partial charge in [0.25, 0.3) is 0 Å². The Morgan fingerprint density at radius 1 is 1.31 bits per heavy atom. The van der Waals surface area contributed by atoms with Gasteiger partial charge in [-0.1, -0.05) is 29.3 Å². The second kappa shape index (κ2) is 5.73. The van der Waals surface area contributed by atoms with Crippen molar-refractivity contribution in [3.05, 3.63) is 28.2 Å². The molecule has 1 aromatic carbocycles. The van der Waals surface area contributed by atoms with E-state index in [1.807, 2.05) is 6.07 Å². The van der Waals surface area contributed by atoms with Gasteiger partial charge in [-0.3, -0.25) is 0 Å². The van der Waals surface area contributed by atoms with Crippen molar-refractivity contribution in [2.24, 2.45) is 0 Å². The Balaban J connectivity index is 1.93. The number of benzene rings is 1. The van der Waals surface area contributed by atoms with E-state index in [9.17, 15) is 0 Å². The molecule has 16 heavy (non-hydrogen) atoms. The minimum atomic E-state index is 0.154. The summed E-state index contributed by atoms with van der Waals surface area (Å²) >= 11 is 12.1. The molecule has 1 N–H and O–H groups in total. The van der Waals surface area contributed by atoms with Gasteiger partial charge >= 0.3 is 0 Å². The van der Waals surface area contributed by atoms with Gasteiger partial charge in [0.05, 0.1) is 28.4 Å². The van der Waals surface area contributed by atoms with Crippen molar-refractivity contribution in [1.29, 1.82) is 0 Å². The summed E-state index contributed by atoms with van der Waals surface area (Å²) in [5.41, 5.74) is 0.765. The number of hydrogen-bond acceptors (Lipinski definition) is 3. The zero-order chi connectivity index (χ0) is 11.4. The molecule has 1 saturated heterocycles. The van der Waals surface area contributed by atoms with Crippen LogP contribution in [0.3, 0.4) is 0 Å². The van der Waals surface area contributed by atoms with Crippen molar-refractivity contribution in [1.82, 2.24) is 0 Å². The molecule has 1 heterocycles. The number of halogens is 2. The summed E-state index contributed by atoms with van der Waals surface area (Å²) in [6.45, 7) is 1.79. The highest BCUT2D eigenvalue weighted by Crippen LogP contribution is 2.29. The molecule has 1 unspecified atom stereocenters. The van der Waals surface area contributed by atoms with E-state index in [1.165, 1.54) is 0 Å². The Morgan fingerprint density at radius 3 is 2.69 bits per heavy atom. The van der Waals surface area contributed by atoms with E-state index in [4.69, 9.17) is 32.7 Å². The van der Waals surface area contributed by atoms with Crippen LogP contribution < -0.4 is 5.32 Å². The molecule has 0 spiro atoms. The van der Waals surface area contributed by atoms with Gasteiger partial charge in [-0.2, -0.15) is 0 Å². The summed E-state index contributed by atoms with van der Waals surface area (Å²) in [7, 11) is 0. The van der Waals surface area contributed by atoms with Gasteiger partial charge in [0.1, 0.15) is 6.79 Å². The molecule has 5 heteroatoms. The highest BCUT2D eigenvalue weighted by molar-refractivity contribution is 6.39. The van der Waals surface area contributed by atoms with Crippen LogP contribution in [0.2, 0.25) is 10.0 Å². The largest absolute Gasteiger partial charge is 0.380 e. The van der Waals surface area contributed by atoms with Crippen molar-refractivity contribution in [2.75, 3.05) is 25.3 Å². The summed E-state index contributed by atoms with van der Waals surface area (Å²) in [6, 6.07) is 5.43. The molecule has 0 aromatic heterocycles. The van der Waals surface area contributed by atoms with Gasteiger partial charge < -0.3 is 14.8 Å². The third kappa shape index (κ3) is 3.01. The number of para-hydroxylation sites is 1. The topological polar surface area (TPSA) is 30.5 Å². The lowest BCUT2D eigenvalue weighted by molar-refractivity contribution is -0.133. The first-order chi connectivity index (χ1) is 7.77. The molecule has 1 aliphatic heterocycles. The average Bonchev–Trinajstić information content (AvgIpc) is 2.30. The first-order valence-electron chi connectivity index (χ1n) is 5.14. The number of anilines is 1. The van der Waals surface area contributed by atoms with E-state index >= 15 is 0 Å². The maximum absolute atomic E-state index is 6.03. The SMILES string of the molecule is Clc1cccc(Cl)c1NCC1CCOCO1. The van der Waals surface area contributed by atoms with Crippen LogP contribution in [-0.2, 0) is 9.47 Å². The van der Waals surface area contributed by atoms with Crippen molar-refractivity contribution in [2.45, 2.75) is 12.5 Å². The minimum absolute atomic E-state index is 0.154. The lowest BCUT2D eigenvalue weighted by Gasteiger charge is -2.23.